The van der Waals surface area contributed by atoms with Gasteiger partial charge in [-0.1, -0.05) is 51.0 Å². The van der Waals surface area contributed by atoms with Crippen LogP contribution < -0.4 is 0 Å². The Hall–Kier alpha value is -0.520. The predicted molar refractivity (Wildman–Crippen MR) is 55.1 cm³/mol. The van der Waals surface area contributed by atoms with Crippen molar-refractivity contribution in [2.24, 2.45) is 11.8 Å². The van der Waals surface area contributed by atoms with Gasteiger partial charge in [0.2, 0.25) is 0 Å². The molecule has 0 heteroatoms. The Morgan fingerprint density at radius 3 is 2.25 bits per heavy atom. The first-order valence-electron chi connectivity index (χ1n) is 5.23. The normalized spacial score (nSPS) is 27.8. The van der Waals surface area contributed by atoms with E-state index < -0.39 is 0 Å². The van der Waals surface area contributed by atoms with E-state index in [1.165, 1.54) is 25.7 Å². The smallest absolute Gasteiger partial charge is 0.0167 e. The van der Waals surface area contributed by atoms with Gasteiger partial charge in [0.15, 0.2) is 0 Å². The molecule has 0 nitrogen and oxygen atoms in total. The zero-order valence-electron chi connectivity index (χ0n) is 8.29. The highest BCUT2D eigenvalue weighted by Gasteiger charge is 2.15. The van der Waals surface area contributed by atoms with Gasteiger partial charge in [0.1, 0.15) is 0 Å². The fourth-order valence-electron chi connectivity index (χ4n) is 1.89. The quantitative estimate of drug-likeness (QED) is 0.590. The van der Waals surface area contributed by atoms with Gasteiger partial charge in [-0.25, -0.2) is 0 Å². The van der Waals surface area contributed by atoms with Gasteiger partial charge in [0.25, 0.3) is 0 Å². The fraction of sp³-hybridized carbons (Fsp3) is 0.667. The molecule has 0 spiro atoms. The summed E-state index contributed by atoms with van der Waals surface area (Å²) in [5.41, 5.74) is 0. The summed E-state index contributed by atoms with van der Waals surface area (Å²) in [5.74, 6) is 1.63. The number of allylic oxidation sites excluding steroid dienone is 4. The molecular formula is C12H20. The van der Waals surface area contributed by atoms with Crippen molar-refractivity contribution in [3.8, 4) is 0 Å². The number of hydrogen-bond acceptors (Lipinski definition) is 0. The lowest BCUT2D eigenvalue weighted by atomic mass is 9.83. The summed E-state index contributed by atoms with van der Waals surface area (Å²) in [6, 6.07) is 0. The van der Waals surface area contributed by atoms with Crippen LogP contribution in [0.25, 0.3) is 0 Å². The Bertz CT molecular complexity index is 165. The summed E-state index contributed by atoms with van der Waals surface area (Å²) in [4.78, 5) is 0. The molecule has 68 valence electrons. The third-order valence-corrected chi connectivity index (χ3v) is 2.74. The topological polar surface area (TPSA) is 0 Å². The molecule has 0 fully saturated rings. The van der Waals surface area contributed by atoms with Crippen LogP contribution in [0.4, 0.5) is 0 Å². The molecule has 0 aromatic carbocycles. The maximum Gasteiger partial charge on any atom is -0.0167 e. The van der Waals surface area contributed by atoms with E-state index in [4.69, 9.17) is 0 Å². The Balaban J connectivity index is 2.39. The zero-order chi connectivity index (χ0) is 8.81. The van der Waals surface area contributed by atoms with E-state index in [2.05, 4.69) is 38.2 Å². The summed E-state index contributed by atoms with van der Waals surface area (Å²) in [5, 5.41) is 0. The molecule has 1 rings (SSSR count). The third kappa shape index (κ3) is 2.51. The van der Waals surface area contributed by atoms with E-state index in [9.17, 15) is 0 Å². The molecule has 0 radical (unpaired) electrons. The molecule has 1 aliphatic rings. The van der Waals surface area contributed by atoms with Crippen LogP contribution in [0, 0.1) is 11.8 Å². The highest BCUT2D eigenvalue weighted by molar-refractivity contribution is 5.13. The second-order valence-corrected chi connectivity index (χ2v) is 3.65. The molecule has 0 saturated carbocycles. The van der Waals surface area contributed by atoms with Crippen LogP contribution in [0.1, 0.15) is 39.5 Å². The summed E-state index contributed by atoms with van der Waals surface area (Å²) in [6.07, 6.45) is 14.5. The van der Waals surface area contributed by atoms with Gasteiger partial charge in [0.05, 0.1) is 0 Å². The Morgan fingerprint density at radius 1 is 1.00 bits per heavy atom. The van der Waals surface area contributed by atoms with Crippen LogP contribution in [0.5, 0.6) is 0 Å². The van der Waals surface area contributed by atoms with Crippen molar-refractivity contribution in [1.29, 1.82) is 0 Å². The van der Waals surface area contributed by atoms with Crippen molar-refractivity contribution in [3.05, 3.63) is 24.3 Å². The average Bonchev–Trinajstić information content (AvgIpc) is 2.15. The Kier molecular flexibility index (Phi) is 4.13. The molecule has 0 aliphatic heterocycles. The van der Waals surface area contributed by atoms with Gasteiger partial charge in [-0.05, 0) is 24.7 Å². The monoisotopic (exact) mass is 164 g/mol. The first-order chi connectivity index (χ1) is 5.88. The standard InChI is InChI=1S/C12H20/c1-3-5-8-12-10-7-6-9-11(12)4-2/h6-7,9-12H,3-5,8H2,1-2H3. The van der Waals surface area contributed by atoms with Crippen molar-refractivity contribution in [2.45, 2.75) is 39.5 Å². The van der Waals surface area contributed by atoms with Crippen molar-refractivity contribution >= 4 is 0 Å². The predicted octanol–water partition coefficient (Wildman–Crippen LogP) is 3.95. The van der Waals surface area contributed by atoms with Gasteiger partial charge in [-0.2, -0.15) is 0 Å². The molecule has 2 atom stereocenters. The van der Waals surface area contributed by atoms with Crippen molar-refractivity contribution in [3.63, 3.8) is 0 Å². The highest BCUT2D eigenvalue weighted by atomic mass is 14.2. The molecule has 12 heavy (non-hydrogen) atoms. The van der Waals surface area contributed by atoms with Crippen LogP contribution in [0.3, 0.4) is 0 Å². The van der Waals surface area contributed by atoms with E-state index in [0.29, 0.717) is 0 Å². The first kappa shape index (κ1) is 9.57. The maximum atomic E-state index is 2.38. The SMILES string of the molecule is CCCCC1C=CC=CC1CC. The largest absolute Gasteiger partial charge is 0.0809 e. The average molecular weight is 164 g/mol. The Morgan fingerprint density at radius 2 is 1.67 bits per heavy atom. The fourth-order valence-corrected chi connectivity index (χ4v) is 1.89. The summed E-state index contributed by atoms with van der Waals surface area (Å²) in [6.45, 7) is 4.55. The summed E-state index contributed by atoms with van der Waals surface area (Å²) in [7, 11) is 0. The van der Waals surface area contributed by atoms with E-state index in [0.717, 1.165) is 11.8 Å². The van der Waals surface area contributed by atoms with E-state index in [-0.39, 0.29) is 0 Å². The lowest BCUT2D eigenvalue weighted by Crippen LogP contribution is -2.11. The number of unbranched alkanes of at least 4 members (excludes halogenated alkanes) is 1. The summed E-state index contributed by atoms with van der Waals surface area (Å²) >= 11 is 0. The van der Waals surface area contributed by atoms with Crippen molar-refractivity contribution in [1.82, 2.24) is 0 Å². The van der Waals surface area contributed by atoms with Crippen LogP contribution in [0.15, 0.2) is 24.3 Å². The Labute approximate surface area is 76.4 Å². The molecule has 0 N–H and O–H groups in total. The van der Waals surface area contributed by atoms with E-state index in [1.807, 2.05) is 0 Å². The van der Waals surface area contributed by atoms with Crippen molar-refractivity contribution in [2.75, 3.05) is 0 Å². The zero-order valence-corrected chi connectivity index (χ0v) is 8.29. The molecule has 0 saturated heterocycles. The lowest BCUT2D eigenvalue weighted by Gasteiger charge is -2.22. The van der Waals surface area contributed by atoms with E-state index >= 15 is 0 Å². The highest BCUT2D eigenvalue weighted by Crippen LogP contribution is 2.26. The van der Waals surface area contributed by atoms with Gasteiger partial charge in [0, 0.05) is 0 Å². The second kappa shape index (κ2) is 5.18. The van der Waals surface area contributed by atoms with Crippen LogP contribution in [0.2, 0.25) is 0 Å². The minimum Gasteiger partial charge on any atom is -0.0809 e. The third-order valence-electron chi connectivity index (χ3n) is 2.74. The molecule has 2 unspecified atom stereocenters. The summed E-state index contributed by atoms with van der Waals surface area (Å²) < 4.78 is 0. The molecule has 0 heterocycles. The van der Waals surface area contributed by atoms with Crippen LogP contribution in [-0.2, 0) is 0 Å². The number of hydrogen-bond donors (Lipinski definition) is 0. The van der Waals surface area contributed by atoms with Crippen LogP contribution in [-0.4, -0.2) is 0 Å². The van der Waals surface area contributed by atoms with Gasteiger partial charge >= 0.3 is 0 Å². The molecular weight excluding hydrogens is 144 g/mol. The first-order valence-corrected chi connectivity index (χ1v) is 5.23. The van der Waals surface area contributed by atoms with Gasteiger partial charge in [-0.3, -0.25) is 0 Å². The molecule has 0 amide bonds. The maximum absolute atomic E-state index is 2.38. The van der Waals surface area contributed by atoms with E-state index in [1.54, 1.807) is 0 Å². The second-order valence-electron chi connectivity index (χ2n) is 3.65. The molecule has 0 aromatic rings. The van der Waals surface area contributed by atoms with Crippen molar-refractivity contribution < 1.29 is 0 Å². The van der Waals surface area contributed by atoms with Crippen LogP contribution >= 0.6 is 0 Å². The minimum absolute atomic E-state index is 0.807. The molecule has 0 bridgehead atoms. The lowest BCUT2D eigenvalue weighted by molar-refractivity contribution is 0.417. The molecule has 0 aromatic heterocycles. The minimum atomic E-state index is 0.807. The number of rotatable bonds is 4. The molecule has 1 aliphatic carbocycles. The van der Waals surface area contributed by atoms with Gasteiger partial charge < -0.3 is 0 Å². The van der Waals surface area contributed by atoms with Gasteiger partial charge in [-0.15, -0.1) is 0 Å².